The summed E-state index contributed by atoms with van der Waals surface area (Å²) in [5.74, 6) is 0. The third-order valence-electron chi connectivity index (χ3n) is 10.3. The van der Waals surface area contributed by atoms with Gasteiger partial charge in [-0.3, -0.25) is 0 Å². The molecule has 0 aliphatic heterocycles. The average molecular weight is 667 g/mol. The van der Waals surface area contributed by atoms with E-state index in [1.807, 2.05) is 0 Å². The zero-order valence-corrected chi connectivity index (χ0v) is 29.4. The topological polar surface area (TPSA) is 8.17 Å². The van der Waals surface area contributed by atoms with Gasteiger partial charge in [-0.15, -0.1) is 0 Å². The standard InChI is InChI=1S/C50H38N2/c1-35-25-28-42(33-36(35)2)51(41-29-26-38(27-30-41)37-15-6-3-7-16-37)43-31-32-47-46-21-12-13-24-48(46)52(49(47)34-43)50-44(39-17-8-4-9-18-39)22-14-23-45(50)40-19-10-5-11-20-40/h3-34H,1-2H3. The molecule has 0 atom stereocenters. The number of para-hydroxylation sites is 2. The van der Waals surface area contributed by atoms with Crippen molar-refractivity contribution >= 4 is 38.9 Å². The molecule has 0 amide bonds. The van der Waals surface area contributed by atoms with Gasteiger partial charge < -0.3 is 9.47 Å². The molecule has 0 spiro atoms. The molecule has 0 aliphatic rings. The minimum absolute atomic E-state index is 1.10. The van der Waals surface area contributed by atoms with Crippen molar-refractivity contribution in [1.82, 2.24) is 4.57 Å². The summed E-state index contributed by atoms with van der Waals surface area (Å²) in [6.07, 6.45) is 0. The van der Waals surface area contributed by atoms with Gasteiger partial charge in [0.25, 0.3) is 0 Å². The zero-order valence-electron chi connectivity index (χ0n) is 29.4. The Hall–Kier alpha value is -6.64. The number of rotatable bonds is 7. The molecule has 9 rings (SSSR count). The lowest BCUT2D eigenvalue weighted by molar-refractivity contribution is 1.18. The first kappa shape index (κ1) is 31.3. The van der Waals surface area contributed by atoms with Crippen molar-refractivity contribution in [2.75, 3.05) is 4.90 Å². The normalized spacial score (nSPS) is 11.3. The van der Waals surface area contributed by atoms with E-state index in [1.165, 1.54) is 66.5 Å². The van der Waals surface area contributed by atoms with Crippen LogP contribution in [-0.2, 0) is 0 Å². The van der Waals surface area contributed by atoms with E-state index in [2.05, 4.69) is 217 Å². The number of benzene rings is 8. The van der Waals surface area contributed by atoms with Crippen molar-refractivity contribution in [1.29, 1.82) is 0 Å². The van der Waals surface area contributed by atoms with Crippen LogP contribution in [0.15, 0.2) is 194 Å². The monoisotopic (exact) mass is 666 g/mol. The van der Waals surface area contributed by atoms with Crippen molar-refractivity contribution < 1.29 is 0 Å². The van der Waals surface area contributed by atoms with Gasteiger partial charge in [0, 0.05) is 39.0 Å². The molecule has 1 aromatic heterocycles. The van der Waals surface area contributed by atoms with Gasteiger partial charge in [-0.05, 0) is 89.7 Å². The van der Waals surface area contributed by atoms with Crippen molar-refractivity contribution in [3.63, 3.8) is 0 Å². The van der Waals surface area contributed by atoms with Crippen LogP contribution in [-0.4, -0.2) is 4.57 Å². The second-order valence-corrected chi connectivity index (χ2v) is 13.5. The van der Waals surface area contributed by atoms with Gasteiger partial charge in [-0.1, -0.05) is 152 Å². The van der Waals surface area contributed by atoms with E-state index in [0.29, 0.717) is 0 Å². The largest absolute Gasteiger partial charge is 0.310 e. The molecular formula is C50H38N2. The smallest absolute Gasteiger partial charge is 0.0618 e. The molecule has 52 heavy (non-hydrogen) atoms. The van der Waals surface area contributed by atoms with E-state index in [9.17, 15) is 0 Å². The number of hydrogen-bond acceptors (Lipinski definition) is 1. The third-order valence-corrected chi connectivity index (χ3v) is 10.3. The van der Waals surface area contributed by atoms with Gasteiger partial charge in [0.15, 0.2) is 0 Å². The van der Waals surface area contributed by atoms with Crippen LogP contribution >= 0.6 is 0 Å². The number of aryl methyl sites for hydroxylation is 2. The van der Waals surface area contributed by atoms with E-state index < -0.39 is 0 Å². The van der Waals surface area contributed by atoms with E-state index in [1.54, 1.807) is 0 Å². The number of fused-ring (bicyclic) bond motifs is 3. The SMILES string of the molecule is Cc1ccc(N(c2ccc(-c3ccccc3)cc2)c2ccc3c4ccccc4n(-c4c(-c5ccccc5)cccc4-c4ccccc4)c3c2)cc1C. The highest BCUT2D eigenvalue weighted by Gasteiger charge is 2.22. The fraction of sp³-hybridized carbons (Fsp3) is 0.0400. The Bertz CT molecular complexity index is 2610. The maximum absolute atomic E-state index is 2.50. The van der Waals surface area contributed by atoms with Crippen molar-refractivity contribution in [2.45, 2.75) is 13.8 Å². The molecule has 0 unspecified atom stereocenters. The summed E-state index contributed by atoms with van der Waals surface area (Å²) < 4.78 is 2.50. The Kier molecular flexibility index (Phi) is 7.98. The number of aromatic nitrogens is 1. The molecule has 0 saturated heterocycles. The summed E-state index contributed by atoms with van der Waals surface area (Å²) in [5, 5.41) is 2.46. The Morgan fingerprint density at radius 3 is 1.48 bits per heavy atom. The molecule has 0 bridgehead atoms. The highest BCUT2D eigenvalue weighted by atomic mass is 15.1. The molecule has 0 N–H and O–H groups in total. The molecule has 8 aromatic carbocycles. The first-order valence-electron chi connectivity index (χ1n) is 17.9. The minimum atomic E-state index is 1.10. The molecule has 9 aromatic rings. The number of anilines is 3. The molecule has 2 heteroatoms. The van der Waals surface area contributed by atoms with Crippen molar-refractivity contribution in [3.8, 4) is 39.1 Å². The molecule has 0 radical (unpaired) electrons. The highest BCUT2D eigenvalue weighted by Crippen LogP contribution is 2.44. The van der Waals surface area contributed by atoms with Gasteiger partial charge in [-0.25, -0.2) is 0 Å². The summed E-state index contributed by atoms with van der Waals surface area (Å²) in [6.45, 7) is 4.37. The zero-order chi connectivity index (χ0) is 35.0. The molecule has 248 valence electrons. The van der Waals surface area contributed by atoms with Crippen LogP contribution in [0, 0.1) is 13.8 Å². The number of hydrogen-bond donors (Lipinski definition) is 0. The fourth-order valence-electron chi connectivity index (χ4n) is 7.57. The van der Waals surface area contributed by atoms with E-state index >= 15 is 0 Å². The van der Waals surface area contributed by atoms with Crippen LogP contribution in [0.1, 0.15) is 11.1 Å². The van der Waals surface area contributed by atoms with Crippen LogP contribution in [0.5, 0.6) is 0 Å². The Morgan fingerprint density at radius 1 is 0.346 bits per heavy atom. The van der Waals surface area contributed by atoms with Crippen LogP contribution in [0.2, 0.25) is 0 Å². The van der Waals surface area contributed by atoms with Gasteiger partial charge >= 0.3 is 0 Å². The molecule has 1 heterocycles. The molecule has 0 fully saturated rings. The summed E-state index contributed by atoms with van der Waals surface area (Å²) in [4.78, 5) is 2.39. The van der Waals surface area contributed by atoms with Crippen LogP contribution in [0.3, 0.4) is 0 Å². The lowest BCUT2D eigenvalue weighted by Crippen LogP contribution is -2.10. The Balaban J connectivity index is 1.32. The van der Waals surface area contributed by atoms with Gasteiger partial charge in [-0.2, -0.15) is 0 Å². The summed E-state index contributed by atoms with van der Waals surface area (Å²) in [6, 6.07) is 70.4. The Labute approximate surface area is 305 Å². The van der Waals surface area contributed by atoms with Crippen LogP contribution in [0.4, 0.5) is 17.1 Å². The molecule has 2 nitrogen and oxygen atoms in total. The first-order valence-corrected chi connectivity index (χ1v) is 17.9. The summed E-state index contributed by atoms with van der Waals surface area (Å²) in [7, 11) is 0. The minimum Gasteiger partial charge on any atom is -0.310 e. The van der Waals surface area contributed by atoms with Crippen LogP contribution in [0.25, 0.3) is 60.9 Å². The predicted octanol–water partition coefficient (Wildman–Crippen LogP) is 13.9. The molecule has 0 saturated carbocycles. The second-order valence-electron chi connectivity index (χ2n) is 13.5. The van der Waals surface area contributed by atoms with Crippen LogP contribution < -0.4 is 4.90 Å². The fourth-order valence-corrected chi connectivity index (χ4v) is 7.57. The summed E-state index contributed by atoms with van der Waals surface area (Å²) >= 11 is 0. The summed E-state index contributed by atoms with van der Waals surface area (Å²) in [5.41, 5.74) is 16.6. The Morgan fingerprint density at radius 2 is 0.846 bits per heavy atom. The van der Waals surface area contributed by atoms with Gasteiger partial charge in [0.2, 0.25) is 0 Å². The van der Waals surface area contributed by atoms with Crippen molar-refractivity contribution in [2.24, 2.45) is 0 Å². The van der Waals surface area contributed by atoms with Crippen molar-refractivity contribution in [3.05, 3.63) is 205 Å². The van der Waals surface area contributed by atoms with E-state index in [0.717, 1.165) is 22.6 Å². The quantitative estimate of drug-likeness (QED) is 0.164. The first-order chi connectivity index (χ1) is 25.6. The lowest BCUT2D eigenvalue weighted by atomic mass is 9.95. The maximum atomic E-state index is 2.50. The maximum Gasteiger partial charge on any atom is 0.0618 e. The number of nitrogens with zero attached hydrogens (tertiary/aromatic N) is 2. The highest BCUT2D eigenvalue weighted by molar-refractivity contribution is 6.11. The van der Waals surface area contributed by atoms with Gasteiger partial charge in [0.1, 0.15) is 0 Å². The lowest BCUT2D eigenvalue weighted by Gasteiger charge is -2.27. The van der Waals surface area contributed by atoms with E-state index in [4.69, 9.17) is 0 Å². The predicted molar refractivity (Wildman–Crippen MR) is 221 cm³/mol. The van der Waals surface area contributed by atoms with Gasteiger partial charge in [0.05, 0.1) is 16.7 Å². The molecule has 0 aliphatic carbocycles. The average Bonchev–Trinajstić information content (AvgIpc) is 3.53. The second kappa shape index (κ2) is 13.2. The molecular weight excluding hydrogens is 629 g/mol. The van der Waals surface area contributed by atoms with E-state index in [-0.39, 0.29) is 0 Å². The third kappa shape index (κ3) is 5.55.